The van der Waals surface area contributed by atoms with Gasteiger partial charge < -0.3 is 15.3 Å². The molecule has 0 bridgehead atoms. The molecule has 0 saturated heterocycles. The van der Waals surface area contributed by atoms with Crippen LogP contribution in [-0.2, 0) is 4.79 Å². The summed E-state index contributed by atoms with van der Waals surface area (Å²) in [6.45, 7) is 1.30. The average molecular weight is 214 g/mol. The number of aromatic hydroxyl groups is 1. The second-order valence-corrected chi connectivity index (χ2v) is 3.31. The second kappa shape index (κ2) is 4.27. The normalized spacial score (nSPS) is 14.6. The van der Waals surface area contributed by atoms with Crippen LogP contribution in [0.2, 0.25) is 0 Å². The molecule has 0 aromatic heterocycles. The van der Waals surface area contributed by atoms with Crippen LogP contribution in [0.4, 0.5) is 4.39 Å². The molecule has 2 unspecified atom stereocenters. The van der Waals surface area contributed by atoms with Crippen LogP contribution in [-0.4, -0.2) is 21.3 Å². The highest BCUT2D eigenvalue weighted by atomic mass is 19.1. The van der Waals surface area contributed by atoms with Crippen LogP contribution >= 0.6 is 0 Å². The zero-order chi connectivity index (χ0) is 11.6. The third-order valence-corrected chi connectivity index (χ3v) is 2.11. The summed E-state index contributed by atoms with van der Waals surface area (Å²) in [5.41, 5.74) is 0.0439. The molecule has 15 heavy (non-hydrogen) atoms. The second-order valence-electron chi connectivity index (χ2n) is 3.31. The number of phenols is 1. The topological polar surface area (TPSA) is 77.8 Å². The maximum absolute atomic E-state index is 12.8. The van der Waals surface area contributed by atoms with Crippen molar-refractivity contribution >= 4 is 5.97 Å². The van der Waals surface area contributed by atoms with Crippen molar-refractivity contribution in [3.05, 3.63) is 29.6 Å². The van der Waals surface area contributed by atoms with Crippen molar-refractivity contribution in [2.45, 2.75) is 13.0 Å². The Morgan fingerprint density at radius 1 is 1.40 bits per heavy atom. The SMILES string of the molecule is CC(C(=O)O)C(O)c1cc(O)cc(F)c1. The van der Waals surface area contributed by atoms with E-state index in [9.17, 15) is 14.3 Å². The van der Waals surface area contributed by atoms with E-state index in [-0.39, 0.29) is 11.3 Å². The van der Waals surface area contributed by atoms with Gasteiger partial charge in [-0.05, 0) is 24.6 Å². The highest BCUT2D eigenvalue weighted by Crippen LogP contribution is 2.25. The minimum absolute atomic E-state index is 0.0439. The molecular weight excluding hydrogens is 203 g/mol. The Balaban J connectivity index is 3.00. The Morgan fingerprint density at radius 2 is 2.00 bits per heavy atom. The quantitative estimate of drug-likeness (QED) is 0.708. The van der Waals surface area contributed by atoms with Gasteiger partial charge in [-0.2, -0.15) is 0 Å². The number of halogens is 1. The van der Waals surface area contributed by atoms with Gasteiger partial charge in [-0.1, -0.05) is 0 Å². The molecule has 1 rings (SSSR count). The Kier molecular flexibility index (Phi) is 3.26. The van der Waals surface area contributed by atoms with E-state index in [1.807, 2.05) is 0 Å². The number of hydrogen-bond acceptors (Lipinski definition) is 3. The van der Waals surface area contributed by atoms with Crippen molar-refractivity contribution in [3.63, 3.8) is 0 Å². The van der Waals surface area contributed by atoms with E-state index in [0.717, 1.165) is 18.2 Å². The molecule has 3 N–H and O–H groups in total. The molecule has 1 aromatic carbocycles. The lowest BCUT2D eigenvalue weighted by Gasteiger charge is -2.15. The molecule has 0 aliphatic heterocycles. The molecular formula is C10H11FO4. The molecule has 0 saturated carbocycles. The van der Waals surface area contributed by atoms with Gasteiger partial charge in [0, 0.05) is 6.07 Å². The lowest BCUT2D eigenvalue weighted by atomic mass is 9.97. The van der Waals surface area contributed by atoms with Crippen molar-refractivity contribution in [2.24, 2.45) is 5.92 Å². The maximum Gasteiger partial charge on any atom is 0.309 e. The Hall–Kier alpha value is -1.62. The van der Waals surface area contributed by atoms with Gasteiger partial charge in [0.25, 0.3) is 0 Å². The van der Waals surface area contributed by atoms with Crippen molar-refractivity contribution < 1.29 is 24.5 Å². The fourth-order valence-electron chi connectivity index (χ4n) is 1.19. The predicted molar refractivity (Wildman–Crippen MR) is 49.8 cm³/mol. The van der Waals surface area contributed by atoms with Crippen molar-refractivity contribution in [1.29, 1.82) is 0 Å². The largest absolute Gasteiger partial charge is 0.508 e. The van der Waals surface area contributed by atoms with E-state index in [4.69, 9.17) is 10.2 Å². The molecule has 0 amide bonds. The monoisotopic (exact) mass is 214 g/mol. The summed E-state index contributed by atoms with van der Waals surface area (Å²) in [5.74, 6) is -3.32. The summed E-state index contributed by atoms with van der Waals surface area (Å²) >= 11 is 0. The molecule has 82 valence electrons. The minimum atomic E-state index is -1.34. The highest BCUT2D eigenvalue weighted by Gasteiger charge is 2.23. The summed E-state index contributed by atoms with van der Waals surface area (Å²) in [4.78, 5) is 10.6. The molecule has 0 heterocycles. The van der Waals surface area contributed by atoms with E-state index >= 15 is 0 Å². The van der Waals surface area contributed by atoms with E-state index in [1.54, 1.807) is 0 Å². The van der Waals surface area contributed by atoms with Crippen molar-refractivity contribution in [1.82, 2.24) is 0 Å². The summed E-state index contributed by atoms with van der Waals surface area (Å²) in [6.07, 6.45) is -1.34. The fourth-order valence-corrected chi connectivity index (χ4v) is 1.19. The summed E-state index contributed by atoms with van der Waals surface area (Å²) < 4.78 is 12.8. The molecule has 2 atom stereocenters. The van der Waals surface area contributed by atoms with E-state index in [2.05, 4.69) is 0 Å². The van der Waals surface area contributed by atoms with Crippen LogP contribution in [0.25, 0.3) is 0 Å². The first-order valence-electron chi connectivity index (χ1n) is 4.32. The first-order chi connectivity index (χ1) is 6.91. The van der Waals surface area contributed by atoms with E-state index in [1.165, 1.54) is 6.92 Å². The number of rotatable bonds is 3. The number of carboxylic acid groups (broad SMARTS) is 1. The first-order valence-corrected chi connectivity index (χ1v) is 4.32. The number of hydrogen-bond donors (Lipinski definition) is 3. The van der Waals surface area contributed by atoms with Crippen LogP contribution in [0.1, 0.15) is 18.6 Å². The number of phenolic OH excluding ortho intramolecular Hbond substituents is 1. The van der Waals surface area contributed by atoms with Gasteiger partial charge in [0.1, 0.15) is 11.6 Å². The Morgan fingerprint density at radius 3 is 2.47 bits per heavy atom. The van der Waals surface area contributed by atoms with Crippen LogP contribution < -0.4 is 0 Å². The van der Waals surface area contributed by atoms with Gasteiger partial charge in [0.2, 0.25) is 0 Å². The standard InChI is InChI=1S/C10H11FO4/c1-5(10(14)15)9(13)6-2-7(11)4-8(12)3-6/h2-5,9,12-13H,1H3,(H,14,15). The Labute approximate surface area is 85.6 Å². The molecule has 0 fully saturated rings. The van der Waals surface area contributed by atoms with Crippen LogP contribution in [0.5, 0.6) is 5.75 Å². The maximum atomic E-state index is 12.8. The molecule has 0 aliphatic carbocycles. The van der Waals surface area contributed by atoms with Gasteiger partial charge >= 0.3 is 5.97 Å². The average Bonchev–Trinajstić information content (AvgIpc) is 2.13. The smallest absolute Gasteiger partial charge is 0.309 e. The number of aliphatic hydroxyl groups is 1. The van der Waals surface area contributed by atoms with Gasteiger partial charge in [-0.3, -0.25) is 4.79 Å². The Bertz CT molecular complexity index is 357. The third-order valence-electron chi connectivity index (χ3n) is 2.11. The number of aliphatic hydroxyl groups excluding tert-OH is 1. The first kappa shape index (κ1) is 11.5. The summed E-state index contributed by atoms with van der Waals surface area (Å²) in [6, 6.07) is 3.00. The van der Waals surface area contributed by atoms with Gasteiger partial charge in [0.15, 0.2) is 0 Å². The van der Waals surface area contributed by atoms with Gasteiger partial charge in [-0.25, -0.2) is 4.39 Å². The van der Waals surface area contributed by atoms with Crippen LogP contribution in [0.3, 0.4) is 0 Å². The number of carbonyl (C=O) groups is 1. The van der Waals surface area contributed by atoms with E-state index < -0.39 is 23.8 Å². The van der Waals surface area contributed by atoms with Crippen LogP contribution in [0, 0.1) is 11.7 Å². The van der Waals surface area contributed by atoms with E-state index in [0.29, 0.717) is 0 Å². The fraction of sp³-hybridized carbons (Fsp3) is 0.300. The lowest BCUT2D eigenvalue weighted by molar-refractivity contribution is -0.145. The zero-order valence-corrected chi connectivity index (χ0v) is 8.01. The van der Waals surface area contributed by atoms with Gasteiger partial charge in [-0.15, -0.1) is 0 Å². The predicted octanol–water partition coefficient (Wildman–Crippen LogP) is 1.29. The molecule has 4 nitrogen and oxygen atoms in total. The number of carboxylic acids is 1. The van der Waals surface area contributed by atoms with Crippen molar-refractivity contribution in [3.8, 4) is 5.75 Å². The summed E-state index contributed by atoms with van der Waals surface area (Å²) in [5, 5.41) is 27.3. The lowest BCUT2D eigenvalue weighted by Crippen LogP contribution is -2.18. The molecule has 0 aliphatic rings. The number of benzene rings is 1. The molecule has 0 radical (unpaired) electrons. The summed E-state index contributed by atoms with van der Waals surface area (Å²) in [7, 11) is 0. The highest BCUT2D eigenvalue weighted by molar-refractivity contribution is 5.70. The minimum Gasteiger partial charge on any atom is -0.508 e. The zero-order valence-electron chi connectivity index (χ0n) is 8.01. The number of aliphatic carboxylic acids is 1. The van der Waals surface area contributed by atoms with Crippen molar-refractivity contribution in [2.75, 3.05) is 0 Å². The van der Waals surface area contributed by atoms with Crippen LogP contribution in [0.15, 0.2) is 18.2 Å². The molecule has 5 heteroatoms. The third kappa shape index (κ3) is 2.66. The molecule has 1 aromatic rings. The van der Waals surface area contributed by atoms with Gasteiger partial charge in [0.05, 0.1) is 12.0 Å². The molecule has 0 spiro atoms.